The number of hydrazine groups is 1. The summed E-state index contributed by atoms with van der Waals surface area (Å²) in [5, 5.41) is 2.10. The largest absolute Gasteiger partial charge is 0.497 e. The molecule has 2 aromatic rings. The maximum Gasteiger partial charge on any atom is 0.118 e. The third-order valence-corrected chi connectivity index (χ3v) is 4.15. The second-order valence-electron chi connectivity index (χ2n) is 4.24. The Kier molecular flexibility index (Phi) is 4.36. The molecule has 0 radical (unpaired) electrons. The lowest BCUT2D eigenvalue weighted by Crippen LogP contribution is -2.29. The van der Waals surface area contributed by atoms with Gasteiger partial charge in [0.2, 0.25) is 0 Å². The maximum absolute atomic E-state index is 5.67. The van der Waals surface area contributed by atoms with E-state index < -0.39 is 0 Å². The SMILES string of the molecule is COc1ccc(CC(NN)c2sccc2C)cc1. The van der Waals surface area contributed by atoms with E-state index >= 15 is 0 Å². The van der Waals surface area contributed by atoms with Crippen LogP contribution < -0.4 is 16.0 Å². The van der Waals surface area contributed by atoms with Crippen LogP contribution in [0, 0.1) is 6.92 Å². The number of thiophene rings is 1. The third kappa shape index (κ3) is 2.90. The van der Waals surface area contributed by atoms with Crippen molar-refractivity contribution < 1.29 is 4.74 Å². The molecule has 1 unspecified atom stereocenters. The average molecular weight is 262 g/mol. The Bertz CT molecular complexity index is 493. The van der Waals surface area contributed by atoms with Gasteiger partial charge in [-0.15, -0.1) is 11.3 Å². The van der Waals surface area contributed by atoms with Crippen LogP contribution in [0.1, 0.15) is 22.0 Å². The molecule has 0 aliphatic heterocycles. The fourth-order valence-electron chi connectivity index (χ4n) is 1.97. The third-order valence-electron chi connectivity index (χ3n) is 3.02. The van der Waals surface area contributed by atoms with Crippen LogP contribution in [0.3, 0.4) is 0 Å². The van der Waals surface area contributed by atoms with Gasteiger partial charge in [-0.25, -0.2) is 0 Å². The number of benzene rings is 1. The van der Waals surface area contributed by atoms with Crippen molar-refractivity contribution in [2.75, 3.05) is 7.11 Å². The zero-order valence-corrected chi connectivity index (χ0v) is 11.5. The molecule has 0 amide bonds. The summed E-state index contributed by atoms with van der Waals surface area (Å²) in [4.78, 5) is 1.30. The molecule has 1 heterocycles. The smallest absolute Gasteiger partial charge is 0.118 e. The summed E-state index contributed by atoms with van der Waals surface area (Å²) in [6.45, 7) is 2.12. The van der Waals surface area contributed by atoms with Crippen molar-refractivity contribution >= 4 is 11.3 Å². The van der Waals surface area contributed by atoms with E-state index in [1.807, 2.05) is 12.1 Å². The van der Waals surface area contributed by atoms with Crippen LogP contribution in [-0.4, -0.2) is 7.11 Å². The number of methoxy groups -OCH3 is 1. The first-order chi connectivity index (χ1) is 8.74. The Labute approximate surface area is 112 Å². The zero-order valence-electron chi connectivity index (χ0n) is 10.6. The quantitative estimate of drug-likeness (QED) is 0.643. The van der Waals surface area contributed by atoms with Crippen LogP contribution in [-0.2, 0) is 6.42 Å². The van der Waals surface area contributed by atoms with Gasteiger partial charge in [-0.3, -0.25) is 11.3 Å². The number of hydrogen-bond donors (Lipinski definition) is 2. The number of nitrogens with two attached hydrogens (primary N) is 1. The highest BCUT2D eigenvalue weighted by Gasteiger charge is 2.14. The summed E-state index contributed by atoms with van der Waals surface area (Å²) in [5.41, 5.74) is 5.43. The highest BCUT2D eigenvalue weighted by atomic mass is 32.1. The minimum atomic E-state index is 0.165. The van der Waals surface area contributed by atoms with Crippen molar-refractivity contribution in [1.29, 1.82) is 0 Å². The molecule has 96 valence electrons. The van der Waals surface area contributed by atoms with E-state index in [0.717, 1.165) is 12.2 Å². The van der Waals surface area contributed by atoms with Gasteiger partial charge in [0, 0.05) is 4.88 Å². The molecule has 18 heavy (non-hydrogen) atoms. The van der Waals surface area contributed by atoms with Gasteiger partial charge in [0.15, 0.2) is 0 Å². The predicted octanol–water partition coefficient (Wildman–Crippen LogP) is 2.81. The molecule has 0 bridgehead atoms. The highest BCUT2D eigenvalue weighted by molar-refractivity contribution is 7.10. The second kappa shape index (κ2) is 6.00. The van der Waals surface area contributed by atoms with E-state index in [4.69, 9.17) is 10.6 Å². The van der Waals surface area contributed by atoms with Gasteiger partial charge in [-0.05, 0) is 48.1 Å². The average Bonchev–Trinajstić information content (AvgIpc) is 2.83. The minimum Gasteiger partial charge on any atom is -0.497 e. The monoisotopic (exact) mass is 262 g/mol. The van der Waals surface area contributed by atoms with Crippen LogP contribution in [0.15, 0.2) is 35.7 Å². The number of nitrogens with one attached hydrogen (secondary N) is 1. The molecular weight excluding hydrogens is 244 g/mol. The molecule has 0 aliphatic carbocycles. The molecule has 0 fully saturated rings. The molecule has 0 saturated carbocycles. The second-order valence-corrected chi connectivity index (χ2v) is 5.19. The van der Waals surface area contributed by atoms with Crippen molar-refractivity contribution in [2.24, 2.45) is 5.84 Å². The van der Waals surface area contributed by atoms with E-state index in [1.54, 1.807) is 18.4 Å². The molecule has 0 spiro atoms. The van der Waals surface area contributed by atoms with Crippen molar-refractivity contribution in [3.8, 4) is 5.75 Å². The standard InChI is InChI=1S/C14H18N2OS/c1-10-7-8-18-14(10)13(16-15)9-11-3-5-12(17-2)6-4-11/h3-8,13,16H,9,15H2,1-2H3. The summed E-state index contributed by atoms with van der Waals surface area (Å²) >= 11 is 1.74. The van der Waals surface area contributed by atoms with Crippen molar-refractivity contribution in [3.63, 3.8) is 0 Å². The maximum atomic E-state index is 5.67. The summed E-state index contributed by atoms with van der Waals surface area (Å²) in [6.07, 6.45) is 0.877. The fourth-order valence-corrected chi connectivity index (χ4v) is 2.95. The van der Waals surface area contributed by atoms with E-state index in [0.29, 0.717) is 0 Å². The van der Waals surface area contributed by atoms with Gasteiger partial charge in [0.25, 0.3) is 0 Å². The van der Waals surface area contributed by atoms with E-state index in [1.165, 1.54) is 16.0 Å². The Balaban J connectivity index is 2.13. The Morgan fingerprint density at radius 2 is 2.00 bits per heavy atom. The van der Waals surface area contributed by atoms with Crippen LogP contribution >= 0.6 is 11.3 Å². The molecule has 1 aromatic carbocycles. The summed E-state index contributed by atoms with van der Waals surface area (Å²) in [5.74, 6) is 6.55. The summed E-state index contributed by atoms with van der Waals surface area (Å²) in [6, 6.07) is 10.4. The van der Waals surface area contributed by atoms with Gasteiger partial charge in [-0.2, -0.15) is 0 Å². The van der Waals surface area contributed by atoms with Gasteiger partial charge in [0.05, 0.1) is 13.2 Å². The molecule has 0 aliphatic rings. The van der Waals surface area contributed by atoms with Crippen LogP contribution in [0.2, 0.25) is 0 Å². The topological polar surface area (TPSA) is 47.3 Å². The first-order valence-corrected chi connectivity index (χ1v) is 6.75. The van der Waals surface area contributed by atoms with Crippen LogP contribution in [0.25, 0.3) is 0 Å². The number of aryl methyl sites for hydroxylation is 1. The number of hydrogen-bond acceptors (Lipinski definition) is 4. The molecule has 4 heteroatoms. The fraction of sp³-hybridized carbons (Fsp3) is 0.286. The molecule has 3 N–H and O–H groups in total. The first kappa shape index (κ1) is 13.1. The first-order valence-electron chi connectivity index (χ1n) is 5.87. The molecule has 0 saturated heterocycles. The number of rotatable bonds is 5. The molecular formula is C14H18N2OS. The van der Waals surface area contributed by atoms with E-state index in [2.05, 4.69) is 35.9 Å². The molecule has 2 rings (SSSR count). The molecule has 1 aromatic heterocycles. The van der Waals surface area contributed by atoms with Gasteiger partial charge in [0.1, 0.15) is 5.75 Å². The van der Waals surface area contributed by atoms with Gasteiger partial charge < -0.3 is 4.74 Å². The lowest BCUT2D eigenvalue weighted by atomic mass is 10.0. The summed E-state index contributed by atoms with van der Waals surface area (Å²) in [7, 11) is 1.67. The molecule has 3 nitrogen and oxygen atoms in total. The van der Waals surface area contributed by atoms with Gasteiger partial charge in [-0.1, -0.05) is 12.1 Å². The zero-order chi connectivity index (χ0) is 13.0. The normalized spacial score (nSPS) is 12.4. The predicted molar refractivity (Wildman–Crippen MR) is 75.8 cm³/mol. The highest BCUT2D eigenvalue weighted by Crippen LogP contribution is 2.26. The Hall–Kier alpha value is -1.36. The molecule has 1 atom stereocenters. The van der Waals surface area contributed by atoms with Crippen LogP contribution in [0.4, 0.5) is 0 Å². The Morgan fingerprint density at radius 1 is 1.28 bits per heavy atom. The number of ether oxygens (including phenoxy) is 1. The van der Waals surface area contributed by atoms with Crippen molar-refractivity contribution in [2.45, 2.75) is 19.4 Å². The minimum absolute atomic E-state index is 0.165. The lowest BCUT2D eigenvalue weighted by Gasteiger charge is -2.16. The Morgan fingerprint density at radius 3 is 2.50 bits per heavy atom. The van der Waals surface area contributed by atoms with Crippen molar-refractivity contribution in [3.05, 3.63) is 51.7 Å². The van der Waals surface area contributed by atoms with Gasteiger partial charge >= 0.3 is 0 Å². The van der Waals surface area contributed by atoms with E-state index in [9.17, 15) is 0 Å². The van der Waals surface area contributed by atoms with Crippen molar-refractivity contribution in [1.82, 2.24) is 5.43 Å². The van der Waals surface area contributed by atoms with Crippen LogP contribution in [0.5, 0.6) is 5.75 Å². The lowest BCUT2D eigenvalue weighted by molar-refractivity contribution is 0.414. The van der Waals surface area contributed by atoms with E-state index in [-0.39, 0.29) is 6.04 Å². The summed E-state index contributed by atoms with van der Waals surface area (Å²) < 4.78 is 5.15.